The van der Waals surface area contributed by atoms with Crippen molar-refractivity contribution in [1.29, 1.82) is 0 Å². The van der Waals surface area contributed by atoms with Crippen LogP contribution < -0.4 is 10.6 Å². The molecule has 100 valence electrons. The minimum absolute atomic E-state index is 0.120. The van der Waals surface area contributed by atoms with E-state index in [1.807, 2.05) is 0 Å². The number of hydrogen-bond donors (Lipinski definition) is 2. The van der Waals surface area contributed by atoms with Crippen LogP contribution in [0.3, 0.4) is 0 Å². The average molecular weight is 244 g/mol. The summed E-state index contributed by atoms with van der Waals surface area (Å²) in [6.07, 6.45) is 3.95. The Morgan fingerprint density at radius 3 is 2.76 bits per heavy atom. The van der Waals surface area contributed by atoms with Crippen LogP contribution in [0.4, 0.5) is 0 Å². The predicted molar refractivity (Wildman–Crippen MR) is 66.0 cm³/mol. The fourth-order valence-electron chi connectivity index (χ4n) is 1.41. The summed E-state index contributed by atoms with van der Waals surface area (Å²) in [4.78, 5) is 11.4. The van der Waals surface area contributed by atoms with Gasteiger partial charge in [0, 0.05) is 39.3 Å². The summed E-state index contributed by atoms with van der Waals surface area (Å²) >= 11 is 0. The number of carbonyl (C=O) groups is 1. The molecule has 0 atom stereocenters. The molecule has 1 amide bonds. The molecule has 0 heterocycles. The van der Waals surface area contributed by atoms with Gasteiger partial charge in [-0.2, -0.15) is 0 Å². The van der Waals surface area contributed by atoms with Crippen LogP contribution in [-0.4, -0.2) is 52.0 Å². The topological polar surface area (TPSA) is 59.6 Å². The second-order valence-corrected chi connectivity index (χ2v) is 4.29. The van der Waals surface area contributed by atoms with E-state index in [-0.39, 0.29) is 5.91 Å². The van der Waals surface area contributed by atoms with Gasteiger partial charge in [-0.15, -0.1) is 0 Å². The van der Waals surface area contributed by atoms with Crippen LogP contribution in [0.5, 0.6) is 0 Å². The highest BCUT2D eigenvalue weighted by Crippen LogP contribution is 2.18. The number of hydrogen-bond acceptors (Lipinski definition) is 4. The van der Waals surface area contributed by atoms with Gasteiger partial charge in [0.1, 0.15) is 0 Å². The van der Waals surface area contributed by atoms with Gasteiger partial charge in [-0.25, -0.2) is 0 Å². The Bertz CT molecular complexity index is 208. The summed E-state index contributed by atoms with van der Waals surface area (Å²) in [6, 6.07) is 0.678. The van der Waals surface area contributed by atoms with Crippen molar-refractivity contribution in [3.05, 3.63) is 0 Å². The fraction of sp³-hybridized carbons (Fsp3) is 0.917. The molecule has 1 fully saturated rings. The Hall–Kier alpha value is -0.650. The van der Waals surface area contributed by atoms with E-state index in [2.05, 4.69) is 10.6 Å². The predicted octanol–water partition coefficient (Wildman–Crippen LogP) is 0.298. The molecule has 0 aromatic heterocycles. The van der Waals surface area contributed by atoms with Gasteiger partial charge in [-0.1, -0.05) is 0 Å². The molecule has 5 nitrogen and oxygen atoms in total. The molecule has 1 rings (SSSR count). The molecule has 1 aliphatic carbocycles. The van der Waals surface area contributed by atoms with E-state index in [0.717, 1.165) is 13.0 Å². The lowest BCUT2D eigenvalue weighted by Gasteiger charge is -2.06. The van der Waals surface area contributed by atoms with Gasteiger partial charge in [0.15, 0.2) is 0 Å². The van der Waals surface area contributed by atoms with Gasteiger partial charge >= 0.3 is 0 Å². The Morgan fingerprint density at radius 1 is 1.24 bits per heavy atom. The van der Waals surface area contributed by atoms with E-state index in [0.29, 0.717) is 38.8 Å². The first-order valence-electron chi connectivity index (χ1n) is 6.39. The number of methoxy groups -OCH3 is 1. The van der Waals surface area contributed by atoms with E-state index < -0.39 is 0 Å². The highest BCUT2D eigenvalue weighted by Gasteiger charge is 2.19. The Morgan fingerprint density at radius 2 is 2.06 bits per heavy atom. The van der Waals surface area contributed by atoms with Gasteiger partial charge in [-0.3, -0.25) is 4.79 Å². The van der Waals surface area contributed by atoms with Crippen molar-refractivity contribution in [3.63, 3.8) is 0 Å². The minimum Gasteiger partial charge on any atom is -0.382 e. The molecule has 0 saturated heterocycles. The molecule has 17 heavy (non-hydrogen) atoms. The molecular formula is C12H24N2O3. The van der Waals surface area contributed by atoms with Gasteiger partial charge in [-0.05, 0) is 19.3 Å². The second kappa shape index (κ2) is 9.39. The van der Waals surface area contributed by atoms with Crippen molar-refractivity contribution in [2.45, 2.75) is 31.7 Å². The first-order chi connectivity index (χ1) is 8.33. The zero-order valence-corrected chi connectivity index (χ0v) is 10.7. The first kappa shape index (κ1) is 14.4. The second-order valence-electron chi connectivity index (χ2n) is 4.29. The van der Waals surface area contributed by atoms with Crippen LogP contribution in [0, 0.1) is 0 Å². The Labute approximate surface area is 103 Å². The van der Waals surface area contributed by atoms with Crippen molar-refractivity contribution in [2.75, 3.05) is 40.0 Å². The van der Waals surface area contributed by atoms with Crippen LogP contribution >= 0.6 is 0 Å². The maximum atomic E-state index is 11.4. The first-order valence-corrected chi connectivity index (χ1v) is 6.39. The Balaban J connectivity index is 1.76. The minimum atomic E-state index is 0.120. The summed E-state index contributed by atoms with van der Waals surface area (Å²) in [7, 11) is 1.65. The summed E-state index contributed by atoms with van der Waals surface area (Å²) in [5, 5.41) is 6.19. The maximum Gasteiger partial charge on any atom is 0.221 e. The molecule has 0 aromatic rings. The fourth-order valence-corrected chi connectivity index (χ4v) is 1.41. The van der Waals surface area contributed by atoms with Crippen LogP contribution in [0.25, 0.3) is 0 Å². The number of rotatable bonds is 11. The quantitative estimate of drug-likeness (QED) is 0.513. The zero-order valence-electron chi connectivity index (χ0n) is 10.7. The summed E-state index contributed by atoms with van der Waals surface area (Å²) < 4.78 is 10.1. The molecule has 0 unspecified atom stereocenters. The Kier molecular flexibility index (Phi) is 7.96. The van der Waals surface area contributed by atoms with Gasteiger partial charge in [0.25, 0.3) is 0 Å². The van der Waals surface area contributed by atoms with E-state index in [1.165, 1.54) is 12.8 Å². The molecule has 0 aromatic carbocycles. The van der Waals surface area contributed by atoms with E-state index in [4.69, 9.17) is 9.47 Å². The van der Waals surface area contributed by atoms with E-state index >= 15 is 0 Å². The molecule has 0 bridgehead atoms. The largest absolute Gasteiger partial charge is 0.382 e. The summed E-state index contributed by atoms with van der Waals surface area (Å²) in [6.45, 7) is 3.40. The van der Waals surface area contributed by atoms with Crippen molar-refractivity contribution < 1.29 is 14.3 Å². The van der Waals surface area contributed by atoms with Crippen LogP contribution in [0.1, 0.15) is 25.7 Å². The van der Waals surface area contributed by atoms with Crippen molar-refractivity contribution in [2.24, 2.45) is 0 Å². The third kappa shape index (κ3) is 9.09. The van der Waals surface area contributed by atoms with Crippen molar-refractivity contribution >= 4 is 5.91 Å². The van der Waals surface area contributed by atoms with Gasteiger partial charge in [0.05, 0.1) is 13.2 Å². The standard InChI is InChI=1S/C12H24N2O3/c1-16-9-10-17-8-2-6-14-12(15)5-7-13-11-3-4-11/h11,13H,2-10H2,1H3,(H,14,15). The van der Waals surface area contributed by atoms with Crippen LogP contribution in [0.15, 0.2) is 0 Å². The lowest BCUT2D eigenvalue weighted by atomic mass is 10.3. The number of carbonyl (C=O) groups excluding carboxylic acids is 1. The molecule has 1 aliphatic rings. The summed E-state index contributed by atoms with van der Waals surface area (Å²) in [5.74, 6) is 0.120. The monoisotopic (exact) mass is 244 g/mol. The molecular weight excluding hydrogens is 220 g/mol. The average Bonchev–Trinajstić information content (AvgIpc) is 3.12. The van der Waals surface area contributed by atoms with Crippen LogP contribution in [-0.2, 0) is 14.3 Å². The number of amides is 1. The smallest absolute Gasteiger partial charge is 0.221 e. The van der Waals surface area contributed by atoms with E-state index in [1.54, 1.807) is 7.11 Å². The molecule has 0 spiro atoms. The lowest BCUT2D eigenvalue weighted by Crippen LogP contribution is -2.29. The number of ether oxygens (including phenoxy) is 2. The van der Waals surface area contributed by atoms with Gasteiger partial charge in [0.2, 0.25) is 5.91 Å². The SMILES string of the molecule is COCCOCCCNC(=O)CCNC1CC1. The van der Waals surface area contributed by atoms with Crippen molar-refractivity contribution in [3.8, 4) is 0 Å². The molecule has 2 N–H and O–H groups in total. The third-order valence-corrected chi connectivity index (χ3v) is 2.58. The third-order valence-electron chi connectivity index (χ3n) is 2.58. The van der Waals surface area contributed by atoms with Crippen molar-refractivity contribution in [1.82, 2.24) is 10.6 Å². The van der Waals surface area contributed by atoms with Crippen LogP contribution in [0.2, 0.25) is 0 Å². The zero-order chi connectivity index (χ0) is 12.3. The highest BCUT2D eigenvalue weighted by atomic mass is 16.5. The van der Waals surface area contributed by atoms with E-state index in [9.17, 15) is 4.79 Å². The normalized spacial score (nSPS) is 14.9. The summed E-state index contributed by atoms with van der Waals surface area (Å²) in [5.41, 5.74) is 0. The number of nitrogens with one attached hydrogen (secondary N) is 2. The molecule has 0 aliphatic heterocycles. The molecule has 5 heteroatoms. The molecule has 1 saturated carbocycles. The highest BCUT2D eigenvalue weighted by molar-refractivity contribution is 5.75. The lowest BCUT2D eigenvalue weighted by molar-refractivity contribution is -0.121. The molecule has 0 radical (unpaired) electrons. The maximum absolute atomic E-state index is 11.4. The van der Waals surface area contributed by atoms with Gasteiger partial charge < -0.3 is 20.1 Å².